The first kappa shape index (κ1) is 10.9. The van der Waals surface area contributed by atoms with E-state index in [0.717, 1.165) is 0 Å². The van der Waals surface area contributed by atoms with Crippen LogP contribution in [0.3, 0.4) is 0 Å². The van der Waals surface area contributed by atoms with Crippen molar-refractivity contribution in [2.24, 2.45) is 0 Å². The highest BCUT2D eigenvalue weighted by atomic mass is 32.2. The van der Waals surface area contributed by atoms with Crippen LogP contribution in [0.2, 0.25) is 0 Å². The second-order valence-electron chi connectivity index (χ2n) is 3.60. The zero-order valence-electron chi connectivity index (χ0n) is 9.05. The number of benzene rings is 1. The second-order valence-corrected chi connectivity index (χ2v) is 4.72. The van der Waals surface area contributed by atoms with Gasteiger partial charge in [0, 0.05) is 15.9 Å². The van der Waals surface area contributed by atoms with Crippen molar-refractivity contribution in [3.05, 3.63) is 58.5 Å². The average Bonchev–Trinajstić information content (AvgIpc) is 2.33. The Labute approximate surface area is 99.3 Å². The normalized spacial score (nSPS) is 14.6. The van der Waals surface area contributed by atoms with Crippen molar-refractivity contribution >= 4 is 17.5 Å². The number of hydrogen-bond donors (Lipinski definition) is 0. The maximum Gasteiger partial charge on any atom is 0.295 e. The van der Waals surface area contributed by atoms with E-state index in [1.54, 1.807) is 11.8 Å². The Morgan fingerprint density at radius 3 is 2.69 bits per heavy atom. The highest BCUT2D eigenvalue weighted by Crippen LogP contribution is 2.31. The van der Waals surface area contributed by atoms with Gasteiger partial charge in [0.2, 0.25) is 0 Å². The molecular formula is C13H12N2S. The Kier molecular flexibility index (Phi) is 3.40. The summed E-state index contributed by atoms with van der Waals surface area (Å²) in [7, 11) is 0. The van der Waals surface area contributed by atoms with Crippen molar-refractivity contribution in [2.45, 2.75) is 18.2 Å². The average molecular weight is 228 g/mol. The molecule has 2 nitrogen and oxygen atoms in total. The Morgan fingerprint density at radius 1 is 1.25 bits per heavy atom. The van der Waals surface area contributed by atoms with E-state index in [9.17, 15) is 0 Å². The molecular weight excluding hydrogens is 216 g/mol. The fourth-order valence-corrected chi connectivity index (χ4v) is 2.40. The minimum absolute atomic E-state index is 0.696. The predicted octanol–water partition coefficient (Wildman–Crippen LogP) is 3.60. The van der Waals surface area contributed by atoms with Gasteiger partial charge in [0.1, 0.15) is 0 Å². The molecule has 0 aliphatic heterocycles. The second kappa shape index (κ2) is 4.97. The van der Waals surface area contributed by atoms with E-state index < -0.39 is 0 Å². The summed E-state index contributed by atoms with van der Waals surface area (Å²) < 4.78 is 0. The van der Waals surface area contributed by atoms with Gasteiger partial charge in [-0.3, -0.25) is 0 Å². The summed E-state index contributed by atoms with van der Waals surface area (Å²) in [4.78, 5) is 5.65. The minimum atomic E-state index is 0.696. The molecule has 0 radical (unpaired) electrons. The Balaban J connectivity index is 2.13. The number of allylic oxidation sites excluding steroid dienone is 3. The van der Waals surface area contributed by atoms with Gasteiger partial charge in [0.25, 0.3) is 5.71 Å². The first-order chi connectivity index (χ1) is 7.79. The fourth-order valence-electron chi connectivity index (χ4n) is 1.47. The van der Waals surface area contributed by atoms with Crippen LogP contribution in [0.25, 0.3) is 5.53 Å². The lowest BCUT2D eigenvalue weighted by Crippen LogP contribution is -1.97. The Bertz CT molecular complexity index is 508. The van der Waals surface area contributed by atoms with E-state index in [0.29, 0.717) is 12.1 Å². The van der Waals surface area contributed by atoms with Gasteiger partial charge in [-0.05, 0) is 24.6 Å². The van der Waals surface area contributed by atoms with Crippen LogP contribution in [0.15, 0.2) is 52.3 Å². The van der Waals surface area contributed by atoms with Crippen molar-refractivity contribution in [1.82, 2.24) is 0 Å². The summed E-state index contributed by atoms with van der Waals surface area (Å²) in [5, 5.41) is 0. The molecule has 1 aromatic carbocycles. The third kappa shape index (κ3) is 2.51. The highest BCUT2D eigenvalue weighted by molar-refractivity contribution is 8.03. The van der Waals surface area contributed by atoms with Crippen molar-refractivity contribution < 1.29 is 4.79 Å². The van der Waals surface area contributed by atoms with E-state index in [-0.39, 0.29) is 0 Å². The van der Waals surface area contributed by atoms with Crippen molar-refractivity contribution in [1.29, 1.82) is 0 Å². The van der Waals surface area contributed by atoms with Crippen LogP contribution in [0.1, 0.15) is 12.0 Å². The molecule has 1 aliphatic rings. The van der Waals surface area contributed by atoms with Crippen LogP contribution < -0.4 is 0 Å². The van der Waals surface area contributed by atoms with E-state index in [1.165, 1.54) is 15.4 Å². The molecule has 80 valence electrons. The van der Waals surface area contributed by atoms with Gasteiger partial charge in [0.05, 0.1) is 6.42 Å². The largest absolute Gasteiger partial charge is 0.361 e. The summed E-state index contributed by atoms with van der Waals surface area (Å²) >= 11 is 1.74. The summed E-state index contributed by atoms with van der Waals surface area (Å²) in [6, 6.07) is 8.31. The molecule has 0 bridgehead atoms. The molecule has 0 aromatic heterocycles. The van der Waals surface area contributed by atoms with Gasteiger partial charge in [-0.25, -0.2) is 0 Å². The van der Waals surface area contributed by atoms with Gasteiger partial charge in [0.15, 0.2) is 0 Å². The molecule has 0 amide bonds. The van der Waals surface area contributed by atoms with Crippen LogP contribution in [0.4, 0.5) is 0 Å². The summed E-state index contributed by atoms with van der Waals surface area (Å²) in [6.07, 6.45) is 6.60. The number of rotatable bonds is 2. The van der Waals surface area contributed by atoms with E-state index in [4.69, 9.17) is 5.53 Å². The molecule has 0 atom stereocenters. The first-order valence-electron chi connectivity index (χ1n) is 5.12. The summed E-state index contributed by atoms with van der Waals surface area (Å²) in [5.74, 6) is 0. The lowest BCUT2D eigenvalue weighted by Gasteiger charge is -2.07. The highest BCUT2D eigenvalue weighted by Gasteiger charge is 2.09. The fraction of sp³-hybridized carbons (Fsp3) is 0.154. The van der Waals surface area contributed by atoms with Crippen molar-refractivity contribution in [3.63, 3.8) is 0 Å². The topological polar surface area (TPSA) is 36.4 Å². The van der Waals surface area contributed by atoms with Gasteiger partial charge < -0.3 is 5.53 Å². The van der Waals surface area contributed by atoms with Crippen molar-refractivity contribution in [3.8, 4) is 0 Å². The lowest BCUT2D eigenvalue weighted by atomic mass is 10.2. The summed E-state index contributed by atoms with van der Waals surface area (Å²) in [6.45, 7) is 2.11. The zero-order valence-corrected chi connectivity index (χ0v) is 9.87. The van der Waals surface area contributed by atoms with Gasteiger partial charge in [-0.2, -0.15) is 4.79 Å². The molecule has 0 heterocycles. The molecule has 0 spiro atoms. The zero-order chi connectivity index (χ0) is 11.4. The molecule has 0 saturated carbocycles. The van der Waals surface area contributed by atoms with Gasteiger partial charge in [-0.15, -0.1) is 0 Å². The molecule has 2 rings (SSSR count). The predicted molar refractivity (Wildman–Crippen MR) is 67.5 cm³/mol. The smallest absolute Gasteiger partial charge is 0.295 e. The Morgan fingerprint density at radius 2 is 2.06 bits per heavy atom. The molecule has 3 heteroatoms. The van der Waals surface area contributed by atoms with Crippen LogP contribution >= 0.6 is 11.8 Å². The quantitative estimate of drug-likeness (QED) is 0.562. The van der Waals surface area contributed by atoms with E-state index in [2.05, 4.69) is 29.9 Å². The maximum atomic E-state index is 8.61. The molecule has 0 unspecified atom stereocenters. The molecule has 0 N–H and O–H groups in total. The van der Waals surface area contributed by atoms with E-state index in [1.807, 2.05) is 24.3 Å². The number of hydrogen-bond acceptors (Lipinski definition) is 1. The van der Waals surface area contributed by atoms with E-state index >= 15 is 0 Å². The lowest BCUT2D eigenvalue weighted by molar-refractivity contribution is -0.00538. The molecule has 1 aliphatic carbocycles. The van der Waals surface area contributed by atoms with Gasteiger partial charge >= 0.3 is 0 Å². The number of thioether (sulfide) groups is 1. The SMILES string of the molecule is Cc1ccccc1SC1=CCC(=[N+]=[N-])C=C1. The third-order valence-electron chi connectivity index (χ3n) is 2.40. The number of aryl methyl sites for hydroxylation is 1. The Hall–Kier alpha value is -1.57. The van der Waals surface area contributed by atoms with Gasteiger partial charge in [-0.1, -0.05) is 36.0 Å². The van der Waals surface area contributed by atoms with Crippen LogP contribution in [-0.4, -0.2) is 10.5 Å². The molecule has 16 heavy (non-hydrogen) atoms. The third-order valence-corrected chi connectivity index (χ3v) is 3.62. The molecule has 0 fully saturated rings. The molecule has 1 aromatic rings. The minimum Gasteiger partial charge on any atom is -0.361 e. The van der Waals surface area contributed by atoms with Crippen LogP contribution in [-0.2, 0) is 0 Å². The standard InChI is InChI=1S/C13H12N2S/c1-10-4-2-3-5-13(10)16-12-8-6-11(15-14)7-9-12/h2-6,8-9H,7H2,1H3. The van der Waals surface area contributed by atoms with Crippen LogP contribution in [0.5, 0.6) is 0 Å². The number of nitrogens with zero attached hydrogens (tertiary/aromatic N) is 2. The van der Waals surface area contributed by atoms with Crippen molar-refractivity contribution in [2.75, 3.05) is 0 Å². The first-order valence-corrected chi connectivity index (χ1v) is 5.94. The maximum absolute atomic E-state index is 8.61. The summed E-state index contributed by atoms with van der Waals surface area (Å²) in [5.41, 5.74) is 10.6. The van der Waals surface area contributed by atoms with Crippen LogP contribution in [0, 0.1) is 6.92 Å². The monoisotopic (exact) mass is 228 g/mol. The molecule has 0 saturated heterocycles.